The van der Waals surface area contributed by atoms with Gasteiger partial charge in [-0.2, -0.15) is 0 Å². The van der Waals surface area contributed by atoms with Gasteiger partial charge < -0.3 is 73.3 Å². The Kier molecular flexibility index (Phi) is 13.0. The van der Waals surface area contributed by atoms with Crippen LogP contribution in [0.15, 0.2) is 0 Å². The van der Waals surface area contributed by atoms with E-state index in [1.54, 1.807) is 0 Å². The minimum absolute atomic E-state index is 0.523. The summed E-state index contributed by atoms with van der Waals surface area (Å²) >= 11 is 0. The van der Waals surface area contributed by atoms with E-state index in [-0.39, 0.29) is 0 Å². The molecule has 19 heteroatoms. The summed E-state index contributed by atoms with van der Waals surface area (Å²) in [6, 6.07) is 0. The van der Waals surface area contributed by atoms with E-state index in [1.165, 1.54) is 6.92 Å². The Morgan fingerprint density at radius 1 is 0.556 bits per heavy atom. The highest BCUT2D eigenvalue weighted by atomic mass is 16.8. The lowest BCUT2D eigenvalue weighted by atomic mass is 9.96. The van der Waals surface area contributed by atoms with Crippen LogP contribution >= 0.6 is 0 Å². The average Bonchev–Trinajstić information content (AvgIpc) is 2.94. The molecule has 0 amide bonds. The number of esters is 4. The minimum Gasteiger partial charge on any atom is -0.463 e. The van der Waals surface area contributed by atoms with Gasteiger partial charge >= 0.3 is 23.9 Å². The van der Waals surface area contributed by atoms with Crippen molar-refractivity contribution in [3.8, 4) is 0 Å². The third-order valence-electron chi connectivity index (χ3n) is 7.13. The summed E-state index contributed by atoms with van der Waals surface area (Å²) in [5, 5.41) is 61.2. The van der Waals surface area contributed by atoms with Gasteiger partial charge in [-0.05, 0) is 6.92 Å². The number of aliphatic hydroxyl groups excluding tert-OH is 6. The van der Waals surface area contributed by atoms with Crippen LogP contribution in [0.25, 0.3) is 0 Å². The van der Waals surface area contributed by atoms with E-state index in [2.05, 4.69) is 0 Å². The lowest BCUT2D eigenvalue weighted by Crippen LogP contribution is -2.66. The van der Waals surface area contributed by atoms with Crippen molar-refractivity contribution in [3.05, 3.63) is 0 Å². The molecule has 3 fully saturated rings. The van der Waals surface area contributed by atoms with Crippen LogP contribution in [0, 0.1) is 0 Å². The zero-order valence-corrected chi connectivity index (χ0v) is 25.1. The maximum atomic E-state index is 12.1. The highest BCUT2D eigenvalue weighted by Gasteiger charge is 2.55. The Hall–Kier alpha value is -2.56. The second kappa shape index (κ2) is 15.8. The Labute approximate surface area is 256 Å². The SMILES string of the molecule is CC(=O)OC[C@H]1O[C@@H](O[C@@H]2[C@@H](O)[C@@H](O)[C@H](OC[C@H]3OC(O)[C@H](O)[C@@H](O)[C@H]3O)O[C@H]2C)[C@H](OC(C)=O)[C@@H](OC(C)=O)[C@@H]1OC(C)=O. The first-order valence-corrected chi connectivity index (χ1v) is 14.0. The largest absolute Gasteiger partial charge is 0.463 e. The monoisotopic (exact) mass is 656 g/mol. The summed E-state index contributed by atoms with van der Waals surface area (Å²) in [6.07, 6.45) is -23.7. The predicted octanol–water partition coefficient (Wildman–Crippen LogP) is -4.26. The zero-order valence-electron chi connectivity index (χ0n) is 25.1. The Morgan fingerprint density at radius 2 is 1.13 bits per heavy atom. The topological polar surface area (TPSA) is 273 Å². The van der Waals surface area contributed by atoms with Crippen LogP contribution in [0.4, 0.5) is 0 Å². The second-order valence-corrected chi connectivity index (χ2v) is 10.7. The van der Waals surface area contributed by atoms with Crippen LogP contribution in [0.2, 0.25) is 0 Å². The number of carbonyl (C=O) groups excluding carboxylic acids is 4. The van der Waals surface area contributed by atoms with Gasteiger partial charge in [0.15, 0.2) is 37.2 Å². The van der Waals surface area contributed by atoms with Gasteiger partial charge in [-0.1, -0.05) is 0 Å². The van der Waals surface area contributed by atoms with Crippen molar-refractivity contribution in [2.24, 2.45) is 0 Å². The minimum atomic E-state index is -1.84. The van der Waals surface area contributed by atoms with E-state index < -0.39 is 129 Å². The Morgan fingerprint density at radius 3 is 1.71 bits per heavy atom. The van der Waals surface area contributed by atoms with Gasteiger partial charge in [0.2, 0.25) is 0 Å². The van der Waals surface area contributed by atoms with Crippen molar-refractivity contribution in [2.75, 3.05) is 13.2 Å². The van der Waals surface area contributed by atoms with Crippen LogP contribution < -0.4 is 0 Å². The van der Waals surface area contributed by atoms with Crippen molar-refractivity contribution in [1.29, 1.82) is 0 Å². The lowest BCUT2D eigenvalue weighted by molar-refractivity contribution is -0.360. The maximum absolute atomic E-state index is 12.1. The second-order valence-electron chi connectivity index (χ2n) is 10.7. The van der Waals surface area contributed by atoms with Crippen molar-refractivity contribution in [2.45, 2.75) is 127 Å². The molecule has 3 aliphatic heterocycles. The molecular formula is C26H40O19. The van der Waals surface area contributed by atoms with Gasteiger partial charge in [0.1, 0.15) is 55.4 Å². The molecule has 19 nitrogen and oxygen atoms in total. The van der Waals surface area contributed by atoms with Crippen molar-refractivity contribution in [1.82, 2.24) is 0 Å². The maximum Gasteiger partial charge on any atom is 0.303 e. The molecule has 0 aromatic heterocycles. The highest BCUT2D eigenvalue weighted by Crippen LogP contribution is 2.34. The molecule has 3 rings (SSSR count). The van der Waals surface area contributed by atoms with E-state index in [0.717, 1.165) is 27.7 Å². The molecule has 0 aromatic rings. The molecule has 0 bridgehead atoms. The van der Waals surface area contributed by atoms with Gasteiger partial charge in [-0.3, -0.25) is 19.2 Å². The standard InChI is InChI=1S/C26H40O19/c1-8-20(17(33)19(35)25(39-8)38-6-13-15(31)16(32)18(34)24(36)43-13)45-26-23(42-12(5)30)22(41-11(4)29)21(40-10(3)28)14(44-26)7-37-9(2)27/h8,13-26,31-36H,6-7H2,1-5H3/t8-,13+,14+,15-,16-,17-,18+,19+,20-,21+,22-,23+,24?,25+,26-/m0/s1. The number of hydrogen-bond acceptors (Lipinski definition) is 19. The summed E-state index contributed by atoms with van der Waals surface area (Å²) in [4.78, 5) is 47.5. The third kappa shape index (κ3) is 9.26. The molecule has 0 aliphatic carbocycles. The number of hydrogen-bond donors (Lipinski definition) is 6. The third-order valence-corrected chi connectivity index (χ3v) is 7.13. The van der Waals surface area contributed by atoms with Gasteiger partial charge in [0.05, 0.1) is 12.7 Å². The smallest absolute Gasteiger partial charge is 0.303 e. The predicted molar refractivity (Wildman–Crippen MR) is 138 cm³/mol. The molecule has 3 heterocycles. The molecule has 3 saturated heterocycles. The summed E-state index contributed by atoms with van der Waals surface area (Å²) in [7, 11) is 0. The lowest BCUT2D eigenvalue weighted by Gasteiger charge is -2.47. The fraction of sp³-hybridized carbons (Fsp3) is 0.846. The fourth-order valence-corrected chi connectivity index (χ4v) is 5.04. The molecule has 0 spiro atoms. The number of ether oxygens (including phenoxy) is 9. The number of aliphatic hydroxyl groups is 6. The van der Waals surface area contributed by atoms with Crippen LogP contribution in [-0.2, 0) is 61.8 Å². The molecule has 3 aliphatic rings. The molecule has 0 radical (unpaired) electrons. The summed E-state index contributed by atoms with van der Waals surface area (Å²) < 4.78 is 48.9. The molecule has 45 heavy (non-hydrogen) atoms. The quantitative estimate of drug-likeness (QED) is 0.0959. The van der Waals surface area contributed by atoms with E-state index in [4.69, 9.17) is 42.6 Å². The molecule has 0 saturated carbocycles. The molecule has 15 atom stereocenters. The van der Waals surface area contributed by atoms with Gasteiger partial charge in [-0.15, -0.1) is 0 Å². The van der Waals surface area contributed by atoms with Crippen molar-refractivity contribution < 1.29 is 92.4 Å². The fourth-order valence-electron chi connectivity index (χ4n) is 5.04. The summed E-state index contributed by atoms with van der Waals surface area (Å²) in [5.41, 5.74) is 0. The van der Waals surface area contributed by atoms with E-state index >= 15 is 0 Å². The van der Waals surface area contributed by atoms with Crippen molar-refractivity contribution >= 4 is 23.9 Å². The van der Waals surface area contributed by atoms with E-state index in [0.29, 0.717) is 0 Å². The summed E-state index contributed by atoms with van der Waals surface area (Å²) in [6.45, 7) is 4.57. The van der Waals surface area contributed by atoms with E-state index in [1.807, 2.05) is 0 Å². The first-order valence-electron chi connectivity index (χ1n) is 14.0. The Bertz CT molecular complexity index is 1040. The van der Waals surface area contributed by atoms with Gasteiger partial charge in [0.25, 0.3) is 0 Å². The van der Waals surface area contributed by atoms with Gasteiger partial charge in [-0.25, -0.2) is 0 Å². The molecule has 0 aromatic carbocycles. The van der Waals surface area contributed by atoms with Crippen molar-refractivity contribution in [3.63, 3.8) is 0 Å². The summed E-state index contributed by atoms with van der Waals surface area (Å²) in [5.74, 6) is -3.31. The zero-order chi connectivity index (χ0) is 33.7. The first kappa shape index (κ1) is 36.9. The molecular weight excluding hydrogens is 616 g/mol. The number of carbonyl (C=O) groups is 4. The van der Waals surface area contributed by atoms with Crippen LogP contribution in [0.1, 0.15) is 34.6 Å². The van der Waals surface area contributed by atoms with Crippen LogP contribution in [0.5, 0.6) is 0 Å². The van der Waals surface area contributed by atoms with Gasteiger partial charge in [0, 0.05) is 27.7 Å². The Balaban J connectivity index is 1.80. The average molecular weight is 657 g/mol. The van der Waals surface area contributed by atoms with Crippen LogP contribution in [-0.4, -0.2) is 160 Å². The van der Waals surface area contributed by atoms with Crippen LogP contribution in [0.3, 0.4) is 0 Å². The van der Waals surface area contributed by atoms with E-state index in [9.17, 15) is 49.8 Å². The normalized spacial score (nSPS) is 41.9. The number of rotatable bonds is 10. The highest BCUT2D eigenvalue weighted by molar-refractivity contribution is 5.68. The molecule has 6 N–H and O–H groups in total. The molecule has 1 unspecified atom stereocenters. The first-order chi connectivity index (χ1) is 21.0. The molecule has 258 valence electrons.